The van der Waals surface area contributed by atoms with Gasteiger partial charge in [0.05, 0.1) is 18.8 Å². The van der Waals surface area contributed by atoms with Gasteiger partial charge >= 0.3 is 0 Å². The van der Waals surface area contributed by atoms with E-state index in [9.17, 15) is 9.18 Å². The van der Waals surface area contributed by atoms with E-state index in [-0.39, 0.29) is 16.5 Å². The predicted octanol–water partition coefficient (Wildman–Crippen LogP) is 2.55. The molecule has 3 N–H and O–H groups in total. The molecule has 1 fully saturated rings. The number of rotatable bonds is 4. The third-order valence-electron chi connectivity index (χ3n) is 3.70. The zero-order valence-electron chi connectivity index (χ0n) is 12.8. The summed E-state index contributed by atoms with van der Waals surface area (Å²) >= 11 is 5.69. The van der Waals surface area contributed by atoms with E-state index in [4.69, 9.17) is 22.1 Å². The predicted molar refractivity (Wildman–Crippen MR) is 90.5 cm³/mol. The molecule has 6 nitrogen and oxygen atoms in total. The van der Waals surface area contributed by atoms with Gasteiger partial charge in [0.25, 0.3) is 5.91 Å². The van der Waals surface area contributed by atoms with Gasteiger partial charge in [-0.25, -0.2) is 9.37 Å². The van der Waals surface area contributed by atoms with Gasteiger partial charge in [0.2, 0.25) is 0 Å². The molecule has 0 atom stereocenters. The van der Waals surface area contributed by atoms with Crippen molar-refractivity contribution >= 4 is 34.7 Å². The third kappa shape index (κ3) is 3.58. The van der Waals surface area contributed by atoms with Crippen LogP contribution in [0.1, 0.15) is 10.4 Å². The molecule has 2 aromatic rings. The lowest BCUT2D eigenvalue weighted by molar-refractivity contribution is 0.100. The van der Waals surface area contributed by atoms with Crippen LogP contribution in [0.25, 0.3) is 0 Å². The van der Waals surface area contributed by atoms with Gasteiger partial charge in [-0.15, -0.1) is 0 Å². The lowest BCUT2D eigenvalue weighted by atomic mass is 10.2. The average Bonchev–Trinajstić information content (AvgIpc) is 2.59. The minimum atomic E-state index is -0.793. The fraction of sp³-hybridized carbons (Fsp3) is 0.250. The van der Waals surface area contributed by atoms with Crippen LogP contribution in [0, 0.1) is 5.82 Å². The first-order valence-corrected chi connectivity index (χ1v) is 7.78. The van der Waals surface area contributed by atoms with Crippen LogP contribution in [0.15, 0.2) is 30.3 Å². The number of benzene rings is 1. The molecule has 1 amide bonds. The van der Waals surface area contributed by atoms with Crippen LogP contribution >= 0.6 is 11.6 Å². The van der Waals surface area contributed by atoms with Crippen molar-refractivity contribution in [2.75, 3.05) is 36.5 Å². The number of primary amides is 1. The Kier molecular flexibility index (Phi) is 4.82. The first kappa shape index (κ1) is 16.5. The molecule has 0 aliphatic carbocycles. The van der Waals surface area contributed by atoms with Crippen LogP contribution < -0.4 is 16.0 Å². The van der Waals surface area contributed by atoms with E-state index in [1.807, 2.05) is 24.3 Å². The number of ether oxygens (including phenoxy) is 1. The molecule has 1 aliphatic heterocycles. The standard InChI is InChI=1S/C16H16ClFN4O2/c17-14-13(18)9-12(15(19)23)16(21-14)20-10-1-3-11(4-2-10)22-5-7-24-8-6-22/h1-4,9H,5-8H2,(H2,19,23)(H,20,21). The molecule has 1 aromatic carbocycles. The summed E-state index contributed by atoms with van der Waals surface area (Å²) in [5.74, 6) is -1.46. The van der Waals surface area contributed by atoms with Crippen molar-refractivity contribution in [2.45, 2.75) is 0 Å². The van der Waals surface area contributed by atoms with E-state index < -0.39 is 11.7 Å². The Bertz CT molecular complexity index is 748. The topological polar surface area (TPSA) is 80.5 Å². The highest BCUT2D eigenvalue weighted by Crippen LogP contribution is 2.25. The number of nitrogens with two attached hydrogens (primary N) is 1. The maximum Gasteiger partial charge on any atom is 0.252 e. The van der Waals surface area contributed by atoms with E-state index >= 15 is 0 Å². The quantitative estimate of drug-likeness (QED) is 0.828. The fourth-order valence-electron chi connectivity index (χ4n) is 2.46. The van der Waals surface area contributed by atoms with Gasteiger partial charge in [-0.05, 0) is 30.3 Å². The molecule has 2 heterocycles. The lowest BCUT2D eigenvalue weighted by Crippen LogP contribution is -2.36. The number of anilines is 3. The molecule has 0 spiro atoms. The number of carbonyl (C=O) groups is 1. The number of morpholine rings is 1. The summed E-state index contributed by atoms with van der Waals surface area (Å²) in [5, 5.41) is 2.62. The molecular formula is C16H16ClFN4O2. The second-order valence-electron chi connectivity index (χ2n) is 5.29. The maximum absolute atomic E-state index is 13.5. The Labute approximate surface area is 143 Å². The Morgan fingerprint density at radius 2 is 1.96 bits per heavy atom. The van der Waals surface area contributed by atoms with Gasteiger partial charge in [0.1, 0.15) is 5.82 Å². The Hall–Kier alpha value is -2.38. The largest absolute Gasteiger partial charge is 0.378 e. The summed E-state index contributed by atoms with van der Waals surface area (Å²) in [6.45, 7) is 3.10. The van der Waals surface area contributed by atoms with Gasteiger partial charge in [-0.2, -0.15) is 0 Å². The number of pyridine rings is 1. The molecule has 1 aromatic heterocycles. The van der Waals surface area contributed by atoms with Crippen LogP contribution in [-0.2, 0) is 4.74 Å². The molecule has 0 unspecified atom stereocenters. The van der Waals surface area contributed by atoms with Gasteiger partial charge in [-0.3, -0.25) is 4.79 Å². The SMILES string of the molecule is NC(=O)c1cc(F)c(Cl)nc1Nc1ccc(N2CCOCC2)cc1. The van der Waals surface area contributed by atoms with Crippen molar-refractivity contribution in [3.63, 3.8) is 0 Å². The lowest BCUT2D eigenvalue weighted by Gasteiger charge is -2.28. The number of carbonyl (C=O) groups excluding carboxylic acids is 1. The second-order valence-corrected chi connectivity index (χ2v) is 5.65. The molecule has 0 saturated carbocycles. The normalized spacial score (nSPS) is 14.5. The monoisotopic (exact) mass is 350 g/mol. The molecular weight excluding hydrogens is 335 g/mol. The van der Waals surface area contributed by atoms with Crippen LogP contribution in [-0.4, -0.2) is 37.2 Å². The summed E-state index contributed by atoms with van der Waals surface area (Å²) in [6.07, 6.45) is 0. The Morgan fingerprint density at radius 3 is 2.58 bits per heavy atom. The van der Waals surface area contributed by atoms with Crippen molar-refractivity contribution in [3.8, 4) is 0 Å². The zero-order chi connectivity index (χ0) is 17.1. The van der Waals surface area contributed by atoms with Gasteiger partial charge in [-0.1, -0.05) is 11.6 Å². The average molecular weight is 351 g/mol. The first-order chi connectivity index (χ1) is 11.5. The third-order valence-corrected chi connectivity index (χ3v) is 3.97. The number of amides is 1. The number of nitrogens with one attached hydrogen (secondary N) is 1. The fourth-order valence-corrected chi connectivity index (χ4v) is 2.60. The number of halogens is 2. The molecule has 1 aliphatic rings. The zero-order valence-corrected chi connectivity index (χ0v) is 13.5. The number of hydrogen-bond donors (Lipinski definition) is 2. The molecule has 1 saturated heterocycles. The highest BCUT2D eigenvalue weighted by molar-refractivity contribution is 6.29. The van der Waals surface area contributed by atoms with E-state index in [2.05, 4.69) is 15.2 Å². The van der Waals surface area contributed by atoms with Crippen molar-refractivity contribution in [1.29, 1.82) is 0 Å². The molecule has 3 rings (SSSR count). The molecule has 8 heteroatoms. The van der Waals surface area contributed by atoms with Crippen molar-refractivity contribution in [1.82, 2.24) is 4.98 Å². The summed E-state index contributed by atoms with van der Waals surface area (Å²) in [6, 6.07) is 8.55. The van der Waals surface area contributed by atoms with Crippen molar-refractivity contribution in [2.24, 2.45) is 5.73 Å². The molecule has 0 bridgehead atoms. The summed E-state index contributed by atoms with van der Waals surface area (Å²) < 4.78 is 18.8. The highest BCUT2D eigenvalue weighted by Gasteiger charge is 2.15. The molecule has 24 heavy (non-hydrogen) atoms. The molecule has 0 radical (unpaired) electrons. The van der Waals surface area contributed by atoms with E-state index in [0.717, 1.165) is 24.8 Å². The molecule has 126 valence electrons. The van der Waals surface area contributed by atoms with E-state index in [0.29, 0.717) is 18.9 Å². The smallest absolute Gasteiger partial charge is 0.252 e. The van der Waals surface area contributed by atoms with E-state index in [1.165, 1.54) is 0 Å². The van der Waals surface area contributed by atoms with Gasteiger partial charge in [0, 0.05) is 24.5 Å². The highest BCUT2D eigenvalue weighted by atomic mass is 35.5. The van der Waals surface area contributed by atoms with Crippen molar-refractivity contribution < 1.29 is 13.9 Å². The summed E-state index contributed by atoms with van der Waals surface area (Å²) in [7, 11) is 0. The number of aromatic nitrogens is 1. The van der Waals surface area contributed by atoms with Crippen molar-refractivity contribution in [3.05, 3.63) is 46.9 Å². The minimum absolute atomic E-state index is 0.0610. The Morgan fingerprint density at radius 1 is 1.29 bits per heavy atom. The van der Waals surface area contributed by atoms with Gasteiger partial charge in [0.15, 0.2) is 11.0 Å². The Balaban J connectivity index is 1.81. The van der Waals surface area contributed by atoms with Crippen LogP contribution in [0.4, 0.5) is 21.6 Å². The van der Waals surface area contributed by atoms with Crippen LogP contribution in [0.3, 0.4) is 0 Å². The summed E-state index contributed by atoms with van der Waals surface area (Å²) in [5.41, 5.74) is 6.96. The summed E-state index contributed by atoms with van der Waals surface area (Å²) in [4.78, 5) is 17.5. The number of nitrogens with zero attached hydrogens (tertiary/aromatic N) is 2. The van der Waals surface area contributed by atoms with Gasteiger partial charge < -0.3 is 20.7 Å². The second kappa shape index (κ2) is 7.02. The van der Waals surface area contributed by atoms with Crippen LogP contribution in [0.5, 0.6) is 0 Å². The van der Waals surface area contributed by atoms with Crippen LogP contribution in [0.2, 0.25) is 5.15 Å². The first-order valence-electron chi connectivity index (χ1n) is 7.40. The van der Waals surface area contributed by atoms with E-state index in [1.54, 1.807) is 0 Å². The minimum Gasteiger partial charge on any atom is -0.378 e. The maximum atomic E-state index is 13.5. The number of hydrogen-bond acceptors (Lipinski definition) is 5.